The topological polar surface area (TPSA) is 72.9 Å². The quantitative estimate of drug-likeness (QED) is 0.716. The number of carbonyl (C=O) groups is 2. The molecular weight excluding hydrogens is 416 g/mol. The Morgan fingerprint density at radius 1 is 0.909 bits per heavy atom. The minimum absolute atomic E-state index is 0.0246. The molecule has 0 radical (unpaired) electrons. The SMILES string of the molecule is Cc1cc(N2CCCCC2)nc(N2CCN(C(=O)C3CC(=O)N(c4ccccc4)C3)CC2)n1. The highest BCUT2D eigenvalue weighted by Crippen LogP contribution is 2.27. The standard InChI is InChI=1S/C25H32N6O2/c1-19-16-22(28-10-6-3-7-11-28)27-25(26-19)30-14-12-29(13-15-30)24(33)20-17-23(32)31(18-20)21-8-4-2-5-9-21/h2,4-5,8-9,16,20H,3,6-7,10-15,17-18H2,1H3. The van der Waals surface area contributed by atoms with E-state index in [2.05, 4.69) is 20.9 Å². The Hall–Kier alpha value is -3.16. The van der Waals surface area contributed by atoms with Crippen LogP contribution in [0, 0.1) is 12.8 Å². The molecule has 1 unspecified atom stereocenters. The molecule has 5 rings (SSSR count). The van der Waals surface area contributed by atoms with Crippen molar-refractivity contribution < 1.29 is 9.59 Å². The number of hydrogen-bond acceptors (Lipinski definition) is 6. The predicted molar refractivity (Wildman–Crippen MR) is 129 cm³/mol. The maximum atomic E-state index is 13.2. The van der Waals surface area contributed by atoms with Gasteiger partial charge in [-0.1, -0.05) is 18.2 Å². The number of aromatic nitrogens is 2. The van der Waals surface area contributed by atoms with Gasteiger partial charge in [0.1, 0.15) is 5.82 Å². The van der Waals surface area contributed by atoms with Crippen LogP contribution in [0.5, 0.6) is 0 Å². The van der Waals surface area contributed by atoms with Gasteiger partial charge in [0, 0.05) is 69.7 Å². The van der Waals surface area contributed by atoms with Crippen LogP contribution in [0.3, 0.4) is 0 Å². The molecule has 0 spiro atoms. The van der Waals surface area contributed by atoms with Crippen molar-refractivity contribution in [3.8, 4) is 0 Å². The van der Waals surface area contributed by atoms with E-state index in [4.69, 9.17) is 4.98 Å². The van der Waals surface area contributed by atoms with E-state index >= 15 is 0 Å². The molecule has 3 aliphatic rings. The Morgan fingerprint density at radius 2 is 1.64 bits per heavy atom. The molecule has 3 aliphatic heterocycles. The molecule has 174 valence electrons. The molecule has 0 saturated carbocycles. The van der Waals surface area contributed by atoms with Crippen molar-refractivity contribution in [3.63, 3.8) is 0 Å². The van der Waals surface area contributed by atoms with Gasteiger partial charge in [-0.3, -0.25) is 9.59 Å². The zero-order chi connectivity index (χ0) is 22.8. The first-order chi connectivity index (χ1) is 16.1. The number of benzene rings is 1. The molecule has 1 aromatic carbocycles. The van der Waals surface area contributed by atoms with Crippen molar-refractivity contribution >= 4 is 29.3 Å². The van der Waals surface area contributed by atoms with E-state index in [1.165, 1.54) is 19.3 Å². The largest absolute Gasteiger partial charge is 0.356 e. The molecular formula is C25H32N6O2. The lowest BCUT2D eigenvalue weighted by Gasteiger charge is -2.36. The normalized spacial score (nSPS) is 21.6. The average molecular weight is 449 g/mol. The highest BCUT2D eigenvalue weighted by atomic mass is 16.2. The third kappa shape index (κ3) is 4.65. The van der Waals surface area contributed by atoms with Gasteiger partial charge in [0.15, 0.2) is 0 Å². The second-order valence-corrected chi connectivity index (χ2v) is 9.27. The fourth-order valence-corrected chi connectivity index (χ4v) is 5.08. The van der Waals surface area contributed by atoms with Crippen LogP contribution in [0.2, 0.25) is 0 Å². The summed E-state index contributed by atoms with van der Waals surface area (Å²) in [6.07, 6.45) is 4.00. The minimum Gasteiger partial charge on any atom is -0.356 e. The Balaban J connectivity index is 1.20. The maximum Gasteiger partial charge on any atom is 0.228 e. The molecule has 2 aromatic rings. The molecule has 1 atom stereocenters. The van der Waals surface area contributed by atoms with Gasteiger partial charge in [-0.05, 0) is 38.3 Å². The van der Waals surface area contributed by atoms with Crippen molar-refractivity contribution in [1.29, 1.82) is 0 Å². The summed E-state index contributed by atoms with van der Waals surface area (Å²) in [5, 5.41) is 0. The van der Waals surface area contributed by atoms with E-state index in [1.807, 2.05) is 42.2 Å². The minimum atomic E-state index is -0.273. The first kappa shape index (κ1) is 21.7. The molecule has 1 aromatic heterocycles. The van der Waals surface area contributed by atoms with Gasteiger partial charge in [-0.2, -0.15) is 4.98 Å². The van der Waals surface area contributed by atoms with Gasteiger partial charge in [0.2, 0.25) is 17.8 Å². The highest BCUT2D eigenvalue weighted by molar-refractivity contribution is 6.00. The number of carbonyl (C=O) groups excluding carboxylic acids is 2. The predicted octanol–water partition coefficient (Wildman–Crippen LogP) is 2.48. The Bertz CT molecular complexity index is 999. The van der Waals surface area contributed by atoms with E-state index in [-0.39, 0.29) is 24.2 Å². The number of nitrogens with zero attached hydrogens (tertiary/aromatic N) is 6. The molecule has 8 nitrogen and oxygen atoms in total. The summed E-state index contributed by atoms with van der Waals surface area (Å²) in [7, 11) is 0. The smallest absolute Gasteiger partial charge is 0.228 e. The lowest BCUT2D eigenvalue weighted by Crippen LogP contribution is -2.51. The molecule has 4 heterocycles. The number of piperidine rings is 1. The van der Waals surface area contributed by atoms with Crippen LogP contribution in [0.1, 0.15) is 31.4 Å². The van der Waals surface area contributed by atoms with Gasteiger partial charge in [0.05, 0.1) is 5.92 Å². The zero-order valence-corrected chi connectivity index (χ0v) is 19.3. The lowest BCUT2D eigenvalue weighted by atomic mass is 10.1. The summed E-state index contributed by atoms with van der Waals surface area (Å²) in [5.41, 5.74) is 1.84. The van der Waals surface area contributed by atoms with Gasteiger partial charge >= 0.3 is 0 Å². The molecule has 8 heteroatoms. The van der Waals surface area contributed by atoms with E-state index in [1.54, 1.807) is 4.90 Å². The van der Waals surface area contributed by atoms with Crippen LogP contribution < -0.4 is 14.7 Å². The first-order valence-electron chi connectivity index (χ1n) is 12.1. The number of amides is 2. The number of para-hydroxylation sites is 1. The van der Waals surface area contributed by atoms with Crippen molar-refractivity contribution in [3.05, 3.63) is 42.1 Å². The van der Waals surface area contributed by atoms with Gasteiger partial charge < -0.3 is 19.6 Å². The Labute approximate surface area is 195 Å². The first-order valence-corrected chi connectivity index (χ1v) is 12.1. The summed E-state index contributed by atoms with van der Waals surface area (Å²) < 4.78 is 0. The third-order valence-corrected chi connectivity index (χ3v) is 6.93. The summed E-state index contributed by atoms with van der Waals surface area (Å²) >= 11 is 0. The highest BCUT2D eigenvalue weighted by Gasteiger charge is 2.38. The average Bonchev–Trinajstić information content (AvgIpc) is 3.26. The Morgan fingerprint density at radius 3 is 2.36 bits per heavy atom. The van der Waals surface area contributed by atoms with Crippen LogP contribution in [0.25, 0.3) is 0 Å². The van der Waals surface area contributed by atoms with Crippen molar-refractivity contribution in [1.82, 2.24) is 14.9 Å². The van der Waals surface area contributed by atoms with E-state index in [9.17, 15) is 9.59 Å². The molecule has 33 heavy (non-hydrogen) atoms. The summed E-state index contributed by atoms with van der Waals surface area (Å²) in [6, 6.07) is 11.7. The van der Waals surface area contributed by atoms with Gasteiger partial charge in [-0.15, -0.1) is 0 Å². The van der Waals surface area contributed by atoms with Gasteiger partial charge in [0.25, 0.3) is 0 Å². The second kappa shape index (κ2) is 9.37. The number of aryl methyl sites for hydroxylation is 1. The zero-order valence-electron chi connectivity index (χ0n) is 19.3. The fraction of sp³-hybridized carbons (Fsp3) is 0.520. The molecule has 0 bridgehead atoms. The summed E-state index contributed by atoms with van der Waals surface area (Å²) in [4.78, 5) is 43.4. The summed E-state index contributed by atoms with van der Waals surface area (Å²) in [6.45, 7) is 7.26. The molecule has 3 fully saturated rings. The van der Waals surface area contributed by atoms with Gasteiger partial charge in [-0.25, -0.2) is 4.98 Å². The summed E-state index contributed by atoms with van der Waals surface area (Å²) in [5.74, 6) is 1.61. The lowest BCUT2D eigenvalue weighted by molar-refractivity contribution is -0.136. The number of anilines is 3. The number of hydrogen-bond donors (Lipinski definition) is 0. The third-order valence-electron chi connectivity index (χ3n) is 6.93. The maximum absolute atomic E-state index is 13.2. The van der Waals surface area contributed by atoms with Crippen LogP contribution in [0.4, 0.5) is 17.5 Å². The van der Waals surface area contributed by atoms with Crippen molar-refractivity contribution in [2.24, 2.45) is 5.92 Å². The number of piperazine rings is 1. The molecule has 3 saturated heterocycles. The van der Waals surface area contributed by atoms with Crippen LogP contribution in [-0.4, -0.2) is 72.5 Å². The molecule has 0 aliphatic carbocycles. The van der Waals surface area contributed by atoms with Crippen molar-refractivity contribution in [2.75, 3.05) is 60.5 Å². The van der Waals surface area contributed by atoms with E-state index in [0.717, 1.165) is 36.2 Å². The van der Waals surface area contributed by atoms with Crippen LogP contribution in [0.15, 0.2) is 36.4 Å². The van der Waals surface area contributed by atoms with Crippen molar-refractivity contribution in [2.45, 2.75) is 32.6 Å². The molecule has 2 amide bonds. The Kier molecular flexibility index (Phi) is 6.15. The van der Waals surface area contributed by atoms with E-state index in [0.29, 0.717) is 32.7 Å². The number of rotatable bonds is 4. The molecule has 0 N–H and O–H groups in total. The monoisotopic (exact) mass is 448 g/mol. The van der Waals surface area contributed by atoms with Crippen LogP contribution >= 0.6 is 0 Å². The second-order valence-electron chi connectivity index (χ2n) is 9.27. The van der Waals surface area contributed by atoms with Crippen LogP contribution in [-0.2, 0) is 9.59 Å². The fourth-order valence-electron chi connectivity index (χ4n) is 5.08. The van der Waals surface area contributed by atoms with E-state index < -0.39 is 0 Å².